The molecule has 1 amide bonds. The predicted octanol–water partition coefficient (Wildman–Crippen LogP) is 4.00. The van der Waals surface area contributed by atoms with Crippen LogP contribution in [0, 0.1) is 0 Å². The fraction of sp³-hybridized carbons (Fsp3) is 0.353. The van der Waals surface area contributed by atoms with Gasteiger partial charge in [-0.3, -0.25) is 4.79 Å². The number of rotatable bonds is 5. The minimum atomic E-state index is -4.47. The molecular weight excluding hydrogens is 353 g/mol. The monoisotopic (exact) mass is 368 g/mol. The normalized spacial score (nSPS) is 14.2. The van der Waals surface area contributed by atoms with Crippen LogP contribution in [0.3, 0.4) is 0 Å². The Morgan fingerprint density at radius 3 is 2.46 bits per heavy atom. The average Bonchev–Trinajstić information content (AvgIpc) is 3.32. The lowest BCUT2D eigenvalue weighted by molar-refractivity contribution is -0.137. The Kier molecular flexibility index (Phi) is 4.71. The van der Waals surface area contributed by atoms with Gasteiger partial charge in [0.25, 0.3) is 5.91 Å². The number of carbonyl (C=O) groups excluding carboxylic acids is 2. The number of carbonyl (C=O) groups is 2. The van der Waals surface area contributed by atoms with Crippen molar-refractivity contribution in [3.05, 3.63) is 46.8 Å². The Hall–Kier alpha value is -2.84. The number of anilines is 1. The number of amides is 1. The minimum absolute atomic E-state index is 0.000896. The quantitative estimate of drug-likeness (QED) is 0.807. The van der Waals surface area contributed by atoms with Gasteiger partial charge in [0.2, 0.25) is 5.69 Å². The first-order valence-corrected chi connectivity index (χ1v) is 7.96. The number of nitrogens with zero attached hydrogens (tertiary/aromatic N) is 1. The number of hydrogen-bond acceptors (Lipinski definition) is 5. The molecule has 1 saturated carbocycles. The highest BCUT2D eigenvalue weighted by molar-refractivity contribution is 6.11. The van der Waals surface area contributed by atoms with Crippen molar-refractivity contribution in [3.63, 3.8) is 0 Å². The first-order valence-electron chi connectivity index (χ1n) is 7.96. The summed E-state index contributed by atoms with van der Waals surface area (Å²) in [6.45, 7) is 1.71. The van der Waals surface area contributed by atoms with E-state index in [1.165, 1.54) is 0 Å². The van der Waals surface area contributed by atoms with Gasteiger partial charge in [-0.05, 0) is 44.0 Å². The van der Waals surface area contributed by atoms with Crippen molar-refractivity contribution in [1.82, 2.24) is 5.16 Å². The molecule has 1 aromatic carbocycles. The summed E-state index contributed by atoms with van der Waals surface area (Å²) in [4.78, 5) is 24.6. The zero-order chi connectivity index (χ0) is 18.9. The molecule has 0 atom stereocenters. The Bertz CT molecular complexity index is 824. The van der Waals surface area contributed by atoms with E-state index in [9.17, 15) is 22.8 Å². The molecule has 9 heteroatoms. The summed E-state index contributed by atoms with van der Waals surface area (Å²) in [5.74, 6) is -1.19. The molecule has 1 fully saturated rings. The van der Waals surface area contributed by atoms with Crippen LogP contribution in [0.2, 0.25) is 0 Å². The Morgan fingerprint density at radius 2 is 1.92 bits per heavy atom. The van der Waals surface area contributed by atoms with Crippen molar-refractivity contribution in [2.75, 3.05) is 11.9 Å². The number of benzene rings is 1. The molecular formula is C17H15F3N2O4. The molecule has 1 aliphatic carbocycles. The molecule has 1 heterocycles. The summed E-state index contributed by atoms with van der Waals surface area (Å²) in [5, 5.41) is 6.12. The van der Waals surface area contributed by atoms with Gasteiger partial charge in [0, 0.05) is 11.6 Å². The van der Waals surface area contributed by atoms with Crippen LogP contribution in [-0.4, -0.2) is 23.6 Å². The number of aromatic nitrogens is 1. The maximum Gasteiger partial charge on any atom is 0.416 e. The summed E-state index contributed by atoms with van der Waals surface area (Å²) in [5.41, 5.74) is -0.948. The van der Waals surface area contributed by atoms with Crippen molar-refractivity contribution in [3.8, 4) is 0 Å². The Labute approximate surface area is 146 Å². The number of ether oxygens (including phenoxy) is 1. The van der Waals surface area contributed by atoms with Gasteiger partial charge in [0.05, 0.1) is 12.2 Å². The van der Waals surface area contributed by atoms with Gasteiger partial charge in [0.1, 0.15) is 5.56 Å². The van der Waals surface area contributed by atoms with Gasteiger partial charge in [-0.25, -0.2) is 4.79 Å². The molecule has 0 radical (unpaired) electrons. The third-order valence-corrected chi connectivity index (χ3v) is 3.83. The average molecular weight is 368 g/mol. The highest BCUT2D eigenvalue weighted by Crippen LogP contribution is 2.42. The topological polar surface area (TPSA) is 81.4 Å². The number of hydrogen-bond donors (Lipinski definition) is 1. The number of halogens is 3. The zero-order valence-electron chi connectivity index (χ0n) is 13.7. The summed E-state index contributed by atoms with van der Waals surface area (Å²) in [6, 6.07) is 3.98. The first kappa shape index (κ1) is 18.0. The van der Waals surface area contributed by atoms with E-state index in [0.717, 1.165) is 37.1 Å². The summed E-state index contributed by atoms with van der Waals surface area (Å²) >= 11 is 0. The van der Waals surface area contributed by atoms with Crippen molar-refractivity contribution in [2.24, 2.45) is 0 Å². The summed E-state index contributed by atoms with van der Waals surface area (Å²) in [6.07, 6.45) is -2.86. The zero-order valence-corrected chi connectivity index (χ0v) is 13.7. The number of alkyl halides is 3. The molecule has 26 heavy (non-hydrogen) atoms. The van der Waals surface area contributed by atoms with Gasteiger partial charge in [0.15, 0.2) is 5.76 Å². The van der Waals surface area contributed by atoms with Crippen LogP contribution in [0.1, 0.15) is 57.9 Å². The van der Waals surface area contributed by atoms with E-state index in [-0.39, 0.29) is 35.2 Å². The van der Waals surface area contributed by atoms with E-state index in [1.54, 1.807) is 6.92 Å². The fourth-order valence-corrected chi connectivity index (χ4v) is 2.42. The molecule has 0 bridgehead atoms. The van der Waals surface area contributed by atoms with E-state index in [4.69, 9.17) is 9.26 Å². The second kappa shape index (κ2) is 6.81. The van der Waals surface area contributed by atoms with Crippen LogP contribution in [-0.2, 0) is 10.9 Å². The molecule has 1 N–H and O–H groups in total. The van der Waals surface area contributed by atoms with Crippen molar-refractivity contribution in [1.29, 1.82) is 0 Å². The standard InChI is InChI=1S/C17H15F3N2O4/c1-2-25-16(24)13-12(14(26-22-13)9-3-4-9)15(23)21-11-7-5-10(6-8-11)17(18,19)20/h5-9H,2-4H2,1H3,(H,21,23). The molecule has 0 aliphatic heterocycles. The van der Waals surface area contributed by atoms with Crippen molar-refractivity contribution in [2.45, 2.75) is 31.9 Å². The van der Waals surface area contributed by atoms with Gasteiger partial charge in [-0.2, -0.15) is 13.2 Å². The lowest BCUT2D eigenvalue weighted by Gasteiger charge is -2.09. The molecule has 0 unspecified atom stereocenters. The molecule has 0 saturated heterocycles. The summed E-state index contributed by atoms with van der Waals surface area (Å²) in [7, 11) is 0. The lowest BCUT2D eigenvalue weighted by Crippen LogP contribution is -2.18. The van der Waals surface area contributed by atoms with Gasteiger partial charge in [-0.1, -0.05) is 5.16 Å². The lowest BCUT2D eigenvalue weighted by atomic mass is 10.1. The first-order chi connectivity index (χ1) is 12.3. The Morgan fingerprint density at radius 1 is 1.27 bits per heavy atom. The van der Waals surface area contributed by atoms with E-state index in [1.807, 2.05) is 0 Å². The van der Waals surface area contributed by atoms with Gasteiger partial charge >= 0.3 is 12.1 Å². The Balaban J connectivity index is 1.85. The van der Waals surface area contributed by atoms with E-state index in [0.29, 0.717) is 0 Å². The third kappa shape index (κ3) is 3.71. The predicted molar refractivity (Wildman–Crippen MR) is 83.8 cm³/mol. The van der Waals surface area contributed by atoms with Crippen LogP contribution in [0.4, 0.5) is 18.9 Å². The van der Waals surface area contributed by atoms with E-state index >= 15 is 0 Å². The van der Waals surface area contributed by atoms with Crippen molar-refractivity contribution >= 4 is 17.6 Å². The van der Waals surface area contributed by atoms with Crippen LogP contribution < -0.4 is 5.32 Å². The maximum atomic E-state index is 12.6. The van der Waals surface area contributed by atoms with E-state index in [2.05, 4.69) is 10.5 Å². The van der Waals surface area contributed by atoms with Gasteiger partial charge in [-0.15, -0.1) is 0 Å². The number of esters is 1. The van der Waals surface area contributed by atoms with Crippen LogP contribution in [0.5, 0.6) is 0 Å². The van der Waals surface area contributed by atoms with Crippen LogP contribution in [0.15, 0.2) is 28.8 Å². The smallest absolute Gasteiger partial charge is 0.416 e. The second-order valence-corrected chi connectivity index (χ2v) is 5.79. The van der Waals surface area contributed by atoms with Crippen LogP contribution >= 0.6 is 0 Å². The molecule has 3 rings (SSSR count). The summed E-state index contributed by atoms with van der Waals surface area (Å²) < 4.78 is 47.8. The van der Waals surface area contributed by atoms with Crippen molar-refractivity contribution < 1.29 is 32.0 Å². The minimum Gasteiger partial charge on any atom is -0.461 e. The molecule has 1 aromatic heterocycles. The molecule has 2 aromatic rings. The molecule has 138 valence electrons. The van der Waals surface area contributed by atoms with Gasteiger partial charge < -0.3 is 14.6 Å². The largest absolute Gasteiger partial charge is 0.461 e. The highest BCUT2D eigenvalue weighted by Gasteiger charge is 2.37. The second-order valence-electron chi connectivity index (χ2n) is 5.79. The molecule has 0 spiro atoms. The SMILES string of the molecule is CCOC(=O)c1noc(C2CC2)c1C(=O)Nc1ccc(C(F)(F)F)cc1. The molecule has 1 aliphatic rings. The molecule has 6 nitrogen and oxygen atoms in total. The number of nitrogens with one attached hydrogen (secondary N) is 1. The highest BCUT2D eigenvalue weighted by atomic mass is 19.4. The van der Waals surface area contributed by atoms with E-state index < -0.39 is 23.6 Å². The van der Waals surface area contributed by atoms with Crippen LogP contribution in [0.25, 0.3) is 0 Å². The fourth-order valence-electron chi connectivity index (χ4n) is 2.42. The third-order valence-electron chi connectivity index (χ3n) is 3.83. The maximum absolute atomic E-state index is 12.6.